The third-order valence-corrected chi connectivity index (χ3v) is 1.05. The zero-order chi connectivity index (χ0) is 5.70. The molecule has 1 amide bonds. The summed E-state index contributed by atoms with van der Waals surface area (Å²) in [6, 6.07) is 0. The van der Waals surface area contributed by atoms with Gasteiger partial charge in [-0.25, -0.2) is 0 Å². The van der Waals surface area contributed by atoms with Crippen LogP contribution in [0.25, 0.3) is 0 Å². The molecule has 0 radical (unpaired) electrons. The Balaban J connectivity index is -0.000000180. The molecule has 0 bridgehead atoms. The summed E-state index contributed by atoms with van der Waals surface area (Å²) in [7, 11) is 0. The van der Waals surface area contributed by atoms with Gasteiger partial charge in [-0.3, -0.25) is 0 Å². The fourth-order valence-corrected chi connectivity index (χ4v) is 0.485. The van der Waals surface area contributed by atoms with Crippen LogP contribution in [-0.4, -0.2) is 5.91 Å². The van der Waals surface area contributed by atoms with Gasteiger partial charge in [0.15, 0.2) is 0 Å². The molecule has 0 heterocycles. The first-order valence-corrected chi connectivity index (χ1v) is 3.05. The van der Waals surface area contributed by atoms with Crippen LogP contribution in [0.5, 0.6) is 0 Å². The zero-order valence-corrected chi connectivity index (χ0v) is 8.15. The number of amides is 1. The van der Waals surface area contributed by atoms with Crippen molar-refractivity contribution in [2.45, 2.75) is 19.8 Å². The first-order valence-electron chi connectivity index (χ1n) is 2.26. The minimum absolute atomic E-state index is 0. The first-order chi connectivity index (χ1) is 3.31. The summed E-state index contributed by atoms with van der Waals surface area (Å²) < 4.78 is 2.53. The smallest absolute Gasteiger partial charge is 1.00 e. The molecule has 0 aliphatic carbocycles. The van der Waals surface area contributed by atoms with E-state index in [0.29, 0.717) is 6.42 Å². The van der Waals surface area contributed by atoms with Gasteiger partial charge in [0.05, 0.1) is 0 Å². The quantitative estimate of drug-likeness (QED) is 0.447. The molecule has 9 heavy (non-hydrogen) atoms. The molecule has 5 heteroatoms. The van der Waals surface area contributed by atoms with E-state index in [0.717, 1.165) is 6.42 Å². The normalized spacial score (nSPS) is 6.56. The largest absolute Gasteiger partial charge is 1.00 e. The van der Waals surface area contributed by atoms with Crippen molar-refractivity contribution in [2.24, 2.45) is 0 Å². The van der Waals surface area contributed by atoms with Crippen molar-refractivity contribution >= 4 is 5.91 Å². The van der Waals surface area contributed by atoms with E-state index in [2.05, 4.69) is 3.80 Å². The number of nitrogens with one attached hydrogen (secondary N) is 1. The predicted octanol–water partition coefficient (Wildman–Crippen LogP) is -5.63. The summed E-state index contributed by atoms with van der Waals surface area (Å²) in [5, 5.41) is 0. The summed E-state index contributed by atoms with van der Waals surface area (Å²) in [6.07, 6.45) is 1.58. The average Bonchev–Trinajstić information content (AvgIpc) is 1.68. The van der Waals surface area contributed by atoms with E-state index in [1.54, 1.807) is 20.7 Å². The van der Waals surface area contributed by atoms with Crippen molar-refractivity contribution in [3.63, 3.8) is 0 Å². The number of halogens is 2. The van der Waals surface area contributed by atoms with Crippen molar-refractivity contribution < 1.29 is 50.3 Å². The van der Waals surface area contributed by atoms with Gasteiger partial charge in [-0.15, -0.1) is 0 Å². The monoisotopic (exact) mass is 204 g/mol. The molecule has 0 aliphatic rings. The molecule has 0 atom stereocenters. The molecule has 0 aromatic heterocycles. The third-order valence-electron chi connectivity index (χ3n) is 0.616. The Morgan fingerprint density at radius 2 is 2.00 bits per heavy atom. The molecule has 0 saturated carbocycles. The van der Waals surface area contributed by atoms with Crippen LogP contribution < -0.4 is 28.6 Å². The molecule has 0 aliphatic heterocycles. The first kappa shape index (κ1) is 16.4. The van der Waals surface area contributed by atoms with Gasteiger partial charge < -0.3 is 24.8 Å². The van der Waals surface area contributed by atoms with Crippen LogP contribution in [0.15, 0.2) is 0 Å². The maximum absolute atomic E-state index is 10.3. The molecule has 0 spiro atoms. The van der Waals surface area contributed by atoms with Crippen molar-refractivity contribution in [3.05, 3.63) is 0 Å². The minimum Gasteiger partial charge on any atom is -1.00 e. The number of rotatable bonds is 2. The topological polar surface area (TPSA) is 29.1 Å². The van der Waals surface area contributed by atoms with Crippen LogP contribution in [-0.2, 0) is 25.5 Å². The van der Waals surface area contributed by atoms with E-state index in [1.165, 1.54) is 0 Å². The molecule has 53 valence electrons. The Bertz CT molecular complexity index is 71.6. The Labute approximate surface area is 79.7 Å². The summed E-state index contributed by atoms with van der Waals surface area (Å²) in [5.41, 5.74) is 0. The van der Waals surface area contributed by atoms with Gasteiger partial charge in [-0.1, -0.05) is 0 Å². The molecule has 0 aromatic carbocycles. The fraction of sp³-hybridized carbons (Fsp3) is 0.750. The Morgan fingerprint density at radius 1 is 1.56 bits per heavy atom. The van der Waals surface area contributed by atoms with Crippen LogP contribution in [0.3, 0.4) is 0 Å². The van der Waals surface area contributed by atoms with Gasteiger partial charge >= 0.3 is 55.0 Å². The minimum atomic E-state index is 0. The Morgan fingerprint density at radius 3 is 2.11 bits per heavy atom. The standard InChI is InChI=1S/C4H9NO.2ClH.Ti/c1-2-3-4(5)6;;;/h2-3H2,1H3,(H2,5,6);2*1H;/q;;;+3/p-3. The van der Waals surface area contributed by atoms with E-state index in [4.69, 9.17) is 0 Å². The molecule has 2 nitrogen and oxygen atoms in total. The number of hydrogen-bond acceptors (Lipinski definition) is 1. The van der Waals surface area contributed by atoms with Gasteiger partial charge in [0, 0.05) is 0 Å². The number of carbonyl (C=O) groups is 1. The summed E-state index contributed by atoms with van der Waals surface area (Å²) in [4.78, 5) is 10.3. The van der Waals surface area contributed by atoms with Crippen molar-refractivity contribution in [1.82, 2.24) is 3.80 Å². The molecule has 1 N–H and O–H groups in total. The van der Waals surface area contributed by atoms with E-state index in [9.17, 15) is 4.79 Å². The van der Waals surface area contributed by atoms with Crippen LogP contribution >= 0.6 is 0 Å². The van der Waals surface area contributed by atoms with Gasteiger partial charge in [0.25, 0.3) is 0 Å². The molecule has 0 saturated heterocycles. The van der Waals surface area contributed by atoms with Crippen LogP contribution in [0.1, 0.15) is 19.8 Å². The third kappa shape index (κ3) is 12.1. The number of carbonyl (C=O) groups excluding carboxylic acids is 1. The van der Waals surface area contributed by atoms with Crippen LogP contribution in [0, 0.1) is 0 Å². The average molecular weight is 205 g/mol. The van der Waals surface area contributed by atoms with Crippen molar-refractivity contribution in [1.29, 1.82) is 0 Å². The van der Waals surface area contributed by atoms with Gasteiger partial charge in [-0.2, -0.15) is 0 Å². The van der Waals surface area contributed by atoms with Gasteiger partial charge in [0.1, 0.15) is 0 Å². The maximum Gasteiger partial charge on any atom is -1.00 e. The Hall–Kier alpha value is 0.764. The molecule has 0 fully saturated rings. The number of hydrogen-bond donors (Lipinski definition) is 1. The maximum atomic E-state index is 10.3. The molecule has 0 aromatic rings. The second kappa shape index (κ2) is 11.5. The predicted molar refractivity (Wildman–Crippen MR) is 23.1 cm³/mol. The van der Waals surface area contributed by atoms with Crippen molar-refractivity contribution in [3.8, 4) is 0 Å². The Kier molecular flexibility index (Phi) is 21.0. The summed E-state index contributed by atoms with van der Waals surface area (Å²) in [5.74, 6) is 0.127. The van der Waals surface area contributed by atoms with Gasteiger partial charge in [-0.05, 0) is 0 Å². The molecule has 0 unspecified atom stereocenters. The fourth-order valence-electron chi connectivity index (χ4n) is 0.290. The molecular formula is C4H8Cl2NOTi. The summed E-state index contributed by atoms with van der Waals surface area (Å²) >= 11 is 1.65. The van der Waals surface area contributed by atoms with E-state index in [-0.39, 0.29) is 30.7 Å². The molecular weight excluding hydrogens is 197 g/mol. The van der Waals surface area contributed by atoms with Crippen LogP contribution in [0.4, 0.5) is 0 Å². The molecule has 0 rings (SSSR count). The zero-order valence-electron chi connectivity index (χ0n) is 5.08. The van der Waals surface area contributed by atoms with E-state index < -0.39 is 0 Å². The van der Waals surface area contributed by atoms with E-state index in [1.807, 2.05) is 6.92 Å². The second-order valence-corrected chi connectivity index (χ2v) is 1.69. The van der Waals surface area contributed by atoms with Crippen molar-refractivity contribution in [2.75, 3.05) is 0 Å². The second-order valence-electron chi connectivity index (χ2n) is 1.30. The van der Waals surface area contributed by atoms with Gasteiger partial charge in [0.2, 0.25) is 0 Å². The van der Waals surface area contributed by atoms with E-state index >= 15 is 0 Å². The van der Waals surface area contributed by atoms with Crippen LogP contribution in [0.2, 0.25) is 0 Å². The summed E-state index contributed by atoms with van der Waals surface area (Å²) in [6.45, 7) is 1.98. The SMILES string of the molecule is CCCC(=O)[NH][Ti+2].[Cl-].[Cl-].